The molecule has 23 heavy (non-hydrogen) atoms. The van der Waals surface area contributed by atoms with Crippen LogP contribution in [-0.2, 0) is 0 Å². The fourth-order valence-electron chi connectivity index (χ4n) is 3.83. The van der Waals surface area contributed by atoms with Gasteiger partial charge in [-0.1, -0.05) is 79.1 Å². The minimum atomic E-state index is -0.0987. The van der Waals surface area contributed by atoms with E-state index in [0.29, 0.717) is 6.54 Å². The molecule has 0 bridgehead atoms. The molecule has 0 unspecified atom stereocenters. The molecule has 0 heterocycles. The van der Waals surface area contributed by atoms with Crippen molar-refractivity contribution < 1.29 is 0 Å². The molecule has 0 saturated carbocycles. The van der Waals surface area contributed by atoms with E-state index in [1.54, 1.807) is 0 Å². The van der Waals surface area contributed by atoms with E-state index in [9.17, 15) is 0 Å². The molecule has 0 fully saturated rings. The van der Waals surface area contributed by atoms with E-state index in [4.69, 9.17) is 11.5 Å². The molecule has 0 aromatic heterocycles. The summed E-state index contributed by atoms with van der Waals surface area (Å²) in [6.45, 7) is 10.7. The summed E-state index contributed by atoms with van der Waals surface area (Å²) < 4.78 is 0. The maximum absolute atomic E-state index is 7.17. The van der Waals surface area contributed by atoms with Crippen molar-refractivity contribution in [2.24, 2.45) is 11.5 Å². The molecule has 0 radical (unpaired) electrons. The number of unbranched alkanes of at least 4 members (excludes halogenated alkanes) is 4. The van der Waals surface area contributed by atoms with Gasteiger partial charge in [-0.25, -0.2) is 0 Å². The summed E-state index contributed by atoms with van der Waals surface area (Å²) in [6, 6.07) is 0. The molecule has 0 spiro atoms. The van der Waals surface area contributed by atoms with Gasteiger partial charge in [-0.05, 0) is 25.7 Å². The monoisotopic (exact) mass is 327 g/mol. The number of nitrogens with two attached hydrogens (primary N) is 2. The average Bonchev–Trinajstić information content (AvgIpc) is 2.57. The van der Waals surface area contributed by atoms with Gasteiger partial charge in [0.15, 0.2) is 0 Å². The molecule has 0 atom stereocenters. The first-order valence-electron chi connectivity index (χ1n) is 10.3. The van der Waals surface area contributed by atoms with Crippen LogP contribution < -0.4 is 16.8 Å². The van der Waals surface area contributed by atoms with Crippen molar-refractivity contribution in [3.63, 3.8) is 0 Å². The van der Waals surface area contributed by atoms with Crippen molar-refractivity contribution in [2.45, 2.75) is 116 Å². The lowest BCUT2D eigenvalue weighted by atomic mass is 9.66. The van der Waals surface area contributed by atoms with Crippen LogP contribution in [0.1, 0.15) is 105 Å². The van der Waals surface area contributed by atoms with Crippen molar-refractivity contribution in [1.29, 1.82) is 0 Å². The number of rotatable bonds is 16. The van der Waals surface area contributed by atoms with Crippen LogP contribution in [0.4, 0.5) is 0 Å². The summed E-state index contributed by atoms with van der Waals surface area (Å²) in [5, 5.41) is 3.86. The highest BCUT2D eigenvalue weighted by atomic mass is 15.1. The minimum absolute atomic E-state index is 0.0583. The Labute approximate surface area is 146 Å². The molecular weight excluding hydrogens is 282 g/mol. The van der Waals surface area contributed by atoms with E-state index in [-0.39, 0.29) is 11.1 Å². The van der Waals surface area contributed by atoms with E-state index in [1.807, 2.05) is 0 Å². The SMILES string of the molecule is CCCCC(N)(CCCC)C(CCCC)(CCCC)NCCN. The molecule has 0 aromatic rings. The van der Waals surface area contributed by atoms with E-state index in [0.717, 1.165) is 19.4 Å². The Morgan fingerprint density at radius 1 is 0.696 bits per heavy atom. The van der Waals surface area contributed by atoms with Crippen molar-refractivity contribution >= 4 is 0 Å². The van der Waals surface area contributed by atoms with Crippen molar-refractivity contribution in [2.75, 3.05) is 13.1 Å². The maximum Gasteiger partial charge on any atom is 0.0362 e. The molecule has 5 N–H and O–H groups in total. The third-order valence-electron chi connectivity index (χ3n) is 5.43. The van der Waals surface area contributed by atoms with Gasteiger partial charge in [0.1, 0.15) is 0 Å². The Morgan fingerprint density at radius 3 is 1.43 bits per heavy atom. The molecular formula is C20H45N3. The Hall–Kier alpha value is -0.120. The van der Waals surface area contributed by atoms with Crippen molar-refractivity contribution in [3.8, 4) is 0 Å². The first-order valence-corrected chi connectivity index (χ1v) is 10.3. The lowest BCUT2D eigenvalue weighted by molar-refractivity contribution is 0.112. The Bertz CT molecular complexity index is 236. The van der Waals surface area contributed by atoms with Gasteiger partial charge in [0.2, 0.25) is 0 Å². The zero-order chi connectivity index (χ0) is 17.6. The van der Waals surface area contributed by atoms with Gasteiger partial charge in [-0.2, -0.15) is 0 Å². The van der Waals surface area contributed by atoms with Crippen LogP contribution >= 0.6 is 0 Å². The van der Waals surface area contributed by atoms with Gasteiger partial charge >= 0.3 is 0 Å². The molecule has 3 heteroatoms. The quantitative estimate of drug-likeness (QED) is 0.384. The van der Waals surface area contributed by atoms with Crippen molar-refractivity contribution in [1.82, 2.24) is 5.32 Å². The van der Waals surface area contributed by atoms with Gasteiger partial charge in [-0.15, -0.1) is 0 Å². The van der Waals surface area contributed by atoms with E-state index in [1.165, 1.54) is 64.2 Å². The predicted molar refractivity (Wildman–Crippen MR) is 105 cm³/mol. The van der Waals surface area contributed by atoms with Crippen LogP contribution in [0.5, 0.6) is 0 Å². The largest absolute Gasteiger partial charge is 0.329 e. The first kappa shape index (κ1) is 22.9. The van der Waals surface area contributed by atoms with E-state index in [2.05, 4.69) is 33.0 Å². The Morgan fingerprint density at radius 2 is 1.09 bits per heavy atom. The lowest BCUT2D eigenvalue weighted by Crippen LogP contribution is -2.68. The van der Waals surface area contributed by atoms with Gasteiger partial charge in [0, 0.05) is 24.2 Å². The fraction of sp³-hybridized carbons (Fsp3) is 1.00. The lowest BCUT2D eigenvalue weighted by Gasteiger charge is -2.51. The first-order chi connectivity index (χ1) is 11.1. The highest BCUT2D eigenvalue weighted by Crippen LogP contribution is 2.38. The molecule has 0 rings (SSSR count). The third kappa shape index (κ3) is 7.53. The molecule has 0 saturated heterocycles. The second-order valence-corrected chi connectivity index (χ2v) is 7.37. The van der Waals surface area contributed by atoms with Crippen LogP contribution in [0.15, 0.2) is 0 Å². The summed E-state index contributed by atoms with van der Waals surface area (Å²) >= 11 is 0. The normalized spacial score (nSPS) is 12.8. The highest BCUT2D eigenvalue weighted by Gasteiger charge is 2.46. The number of hydrogen-bond acceptors (Lipinski definition) is 3. The van der Waals surface area contributed by atoms with E-state index < -0.39 is 0 Å². The summed E-state index contributed by atoms with van der Waals surface area (Å²) in [4.78, 5) is 0. The molecule has 0 aliphatic heterocycles. The highest BCUT2D eigenvalue weighted by molar-refractivity contribution is 5.08. The van der Waals surface area contributed by atoms with Crippen LogP contribution in [0, 0.1) is 0 Å². The number of hydrogen-bond donors (Lipinski definition) is 3. The third-order valence-corrected chi connectivity index (χ3v) is 5.43. The van der Waals surface area contributed by atoms with Gasteiger partial charge in [0.25, 0.3) is 0 Å². The molecule has 3 nitrogen and oxygen atoms in total. The summed E-state index contributed by atoms with van der Waals surface area (Å²) in [5.41, 5.74) is 13.0. The zero-order valence-corrected chi connectivity index (χ0v) is 16.6. The Balaban J connectivity index is 5.49. The van der Waals surface area contributed by atoms with Crippen LogP contribution in [-0.4, -0.2) is 24.2 Å². The standard InChI is InChI=1S/C20H45N3/c1-5-9-13-19(22,14-10-6-2)20(15-11-7-3,16-12-8-4)23-18-17-21/h23H,5-18,21-22H2,1-4H3. The van der Waals surface area contributed by atoms with Gasteiger partial charge < -0.3 is 16.8 Å². The fourth-order valence-corrected chi connectivity index (χ4v) is 3.83. The summed E-state index contributed by atoms with van der Waals surface area (Å²) in [6.07, 6.45) is 14.5. The molecule has 0 aliphatic rings. The second-order valence-electron chi connectivity index (χ2n) is 7.37. The molecule has 0 aromatic carbocycles. The summed E-state index contributed by atoms with van der Waals surface area (Å²) in [5.74, 6) is 0. The predicted octanol–water partition coefficient (Wildman–Crippen LogP) is 4.73. The molecule has 0 amide bonds. The van der Waals surface area contributed by atoms with Crippen LogP contribution in [0.2, 0.25) is 0 Å². The van der Waals surface area contributed by atoms with E-state index >= 15 is 0 Å². The molecule has 140 valence electrons. The van der Waals surface area contributed by atoms with Gasteiger partial charge in [0.05, 0.1) is 0 Å². The zero-order valence-electron chi connectivity index (χ0n) is 16.6. The summed E-state index contributed by atoms with van der Waals surface area (Å²) in [7, 11) is 0. The van der Waals surface area contributed by atoms with Gasteiger partial charge in [-0.3, -0.25) is 0 Å². The maximum atomic E-state index is 7.17. The van der Waals surface area contributed by atoms with Crippen LogP contribution in [0.25, 0.3) is 0 Å². The number of nitrogens with one attached hydrogen (secondary N) is 1. The molecule has 0 aliphatic carbocycles. The average molecular weight is 328 g/mol. The van der Waals surface area contributed by atoms with Crippen LogP contribution in [0.3, 0.4) is 0 Å². The smallest absolute Gasteiger partial charge is 0.0362 e. The second kappa shape index (κ2) is 13.2. The van der Waals surface area contributed by atoms with Crippen molar-refractivity contribution in [3.05, 3.63) is 0 Å². The minimum Gasteiger partial charge on any atom is -0.329 e. The topological polar surface area (TPSA) is 64.1 Å². The Kier molecular flexibility index (Phi) is 13.1.